The van der Waals surface area contributed by atoms with E-state index in [9.17, 15) is 0 Å². The third-order valence-electron chi connectivity index (χ3n) is 2.03. The first-order valence-electron chi connectivity index (χ1n) is 4.41. The van der Waals surface area contributed by atoms with E-state index in [1.165, 1.54) is 4.88 Å². The standard InChI is InChI=1S/C10H18N2S/c1-10(2,11)9(12(3)4)8-6-5-7-13-8/h5-7,9H,11H2,1-4H3. The average molecular weight is 198 g/mol. The zero-order valence-corrected chi connectivity index (χ0v) is 9.56. The molecule has 0 aliphatic heterocycles. The maximum Gasteiger partial charge on any atom is 0.0612 e. The van der Waals surface area contributed by atoms with E-state index in [0.29, 0.717) is 6.04 Å². The molecular formula is C10H18N2S. The van der Waals surface area contributed by atoms with Crippen LogP contribution in [-0.2, 0) is 0 Å². The summed E-state index contributed by atoms with van der Waals surface area (Å²) in [6.07, 6.45) is 0. The first-order chi connectivity index (χ1) is 5.93. The predicted octanol–water partition coefficient (Wildman–Crippen LogP) is 2.09. The number of hydrogen-bond donors (Lipinski definition) is 1. The van der Waals surface area contributed by atoms with Crippen LogP contribution < -0.4 is 5.73 Å². The third kappa shape index (κ3) is 2.53. The molecule has 0 amide bonds. The molecule has 1 unspecified atom stereocenters. The second-order valence-electron chi connectivity index (χ2n) is 4.20. The zero-order chi connectivity index (χ0) is 10.1. The van der Waals surface area contributed by atoms with Crippen molar-refractivity contribution in [1.82, 2.24) is 4.90 Å². The molecule has 2 N–H and O–H groups in total. The van der Waals surface area contributed by atoms with E-state index in [2.05, 4.69) is 50.4 Å². The molecule has 0 bridgehead atoms. The van der Waals surface area contributed by atoms with Gasteiger partial charge in [-0.2, -0.15) is 0 Å². The minimum Gasteiger partial charge on any atom is -0.324 e. The normalized spacial score (nSPS) is 14.9. The van der Waals surface area contributed by atoms with E-state index in [-0.39, 0.29) is 5.54 Å². The van der Waals surface area contributed by atoms with Gasteiger partial charge in [-0.05, 0) is 39.4 Å². The maximum atomic E-state index is 6.14. The first kappa shape index (κ1) is 10.7. The molecule has 0 aliphatic carbocycles. The zero-order valence-electron chi connectivity index (χ0n) is 8.74. The van der Waals surface area contributed by atoms with Crippen LogP contribution in [0.3, 0.4) is 0 Å². The number of likely N-dealkylation sites (N-methyl/N-ethyl adjacent to an activating group) is 1. The molecule has 13 heavy (non-hydrogen) atoms. The van der Waals surface area contributed by atoms with Gasteiger partial charge in [-0.1, -0.05) is 6.07 Å². The summed E-state index contributed by atoms with van der Waals surface area (Å²) in [5.74, 6) is 0. The molecule has 1 heterocycles. The van der Waals surface area contributed by atoms with Crippen LogP contribution in [-0.4, -0.2) is 24.5 Å². The molecule has 1 atom stereocenters. The van der Waals surface area contributed by atoms with Crippen molar-refractivity contribution in [1.29, 1.82) is 0 Å². The van der Waals surface area contributed by atoms with Gasteiger partial charge in [0.05, 0.1) is 6.04 Å². The Morgan fingerprint density at radius 1 is 1.46 bits per heavy atom. The Morgan fingerprint density at radius 3 is 2.38 bits per heavy atom. The fraction of sp³-hybridized carbons (Fsp3) is 0.600. The number of nitrogens with two attached hydrogens (primary N) is 1. The Bertz CT molecular complexity index is 246. The summed E-state index contributed by atoms with van der Waals surface area (Å²) in [6, 6.07) is 4.51. The van der Waals surface area contributed by atoms with Crippen molar-refractivity contribution in [2.24, 2.45) is 5.73 Å². The van der Waals surface area contributed by atoms with Gasteiger partial charge in [0, 0.05) is 10.4 Å². The van der Waals surface area contributed by atoms with Crippen molar-refractivity contribution in [3.8, 4) is 0 Å². The number of thiophene rings is 1. The topological polar surface area (TPSA) is 29.3 Å². The van der Waals surface area contributed by atoms with Crippen molar-refractivity contribution < 1.29 is 0 Å². The van der Waals surface area contributed by atoms with Crippen molar-refractivity contribution in [3.63, 3.8) is 0 Å². The number of rotatable bonds is 3. The van der Waals surface area contributed by atoms with Gasteiger partial charge in [-0.25, -0.2) is 0 Å². The molecule has 0 aromatic carbocycles. The monoisotopic (exact) mass is 198 g/mol. The van der Waals surface area contributed by atoms with Crippen LogP contribution in [0, 0.1) is 0 Å². The molecule has 1 aromatic rings. The fourth-order valence-corrected chi connectivity index (χ4v) is 2.85. The summed E-state index contributed by atoms with van der Waals surface area (Å²) in [5, 5.41) is 2.09. The Morgan fingerprint density at radius 2 is 2.08 bits per heavy atom. The largest absolute Gasteiger partial charge is 0.324 e. The predicted molar refractivity (Wildman–Crippen MR) is 59.0 cm³/mol. The molecule has 0 fully saturated rings. The van der Waals surface area contributed by atoms with Gasteiger partial charge in [0.2, 0.25) is 0 Å². The van der Waals surface area contributed by atoms with Crippen LogP contribution in [0.4, 0.5) is 0 Å². The molecule has 3 heteroatoms. The highest BCUT2D eigenvalue weighted by Crippen LogP contribution is 2.30. The van der Waals surface area contributed by atoms with Crippen molar-refractivity contribution in [3.05, 3.63) is 22.4 Å². The Labute approximate surface area is 84.4 Å². The lowest BCUT2D eigenvalue weighted by Gasteiger charge is -2.35. The second-order valence-corrected chi connectivity index (χ2v) is 5.18. The summed E-state index contributed by atoms with van der Waals surface area (Å²) < 4.78 is 0. The van der Waals surface area contributed by atoms with Gasteiger partial charge in [0.1, 0.15) is 0 Å². The van der Waals surface area contributed by atoms with Gasteiger partial charge in [0.25, 0.3) is 0 Å². The molecule has 0 saturated heterocycles. The Kier molecular flexibility index (Phi) is 3.11. The van der Waals surface area contributed by atoms with Gasteiger partial charge >= 0.3 is 0 Å². The lowest BCUT2D eigenvalue weighted by atomic mass is 9.94. The Balaban J connectivity index is 2.94. The summed E-state index contributed by atoms with van der Waals surface area (Å²) in [7, 11) is 4.14. The quantitative estimate of drug-likeness (QED) is 0.806. The maximum absolute atomic E-state index is 6.14. The van der Waals surface area contributed by atoms with E-state index < -0.39 is 0 Å². The summed E-state index contributed by atoms with van der Waals surface area (Å²) >= 11 is 1.76. The van der Waals surface area contributed by atoms with Gasteiger partial charge in [-0.3, -0.25) is 0 Å². The molecule has 2 nitrogen and oxygen atoms in total. The summed E-state index contributed by atoms with van der Waals surface area (Å²) in [6.45, 7) is 4.13. The van der Waals surface area contributed by atoms with E-state index in [0.717, 1.165) is 0 Å². The van der Waals surface area contributed by atoms with E-state index in [1.54, 1.807) is 11.3 Å². The fourth-order valence-electron chi connectivity index (χ4n) is 1.73. The number of hydrogen-bond acceptors (Lipinski definition) is 3. The lowest BCUT2D eigenvalue weighted by Crippen LogP contribution is -2.45. The highest BCUT2D eigenvalue weighted by atomic mass is 32.1. The van der Waals surface area contributed by atoms with Crippen LogP contribution in [0.2, 0.25) is 0 Å². The van der Waals surface area contributed by atoms with Crippen LogP contribution in [0.5, 0.6) is 0 Å². The van der Waals surface area contributed by atoms with E-state index in [4.69, 9.17) is 5.73 Å². The van der Waals surface area contributed by atoms with Crippen LogP contribution >= 0.6 is 11.3 Å². The van der Waals surface area contributed by atoms with Gasteiger partial charge in [-0.15, -0.1) is 11.3 Å². The molecule has 1 aromatic heterocycles. The van der Waals surface area contributed by atoms with Crippen LogP contribution in [0.25, 0.3) is 0 Å². The minimum atomic E-state index is -0.200. The minimum absolute atomic E-state index is 0.200. The highest BCUT2D eigenvalue weighted by Gasteiger charge is 2.29. The average Bonchev–Trinajstić information content (AvgIpc) is 2.34. The second kappa shape index (κ2) is 3.78. The smallest absolute Gasteiger partial charge is 0.0612 e. The van der Waals surface area contributed by atoms with Gasteiger partial charge < -0.3 is 10.6 Å². The van der Waals surface area contributed by atoms with Crippen LogP contribution in [0.1, 0.15) is 24.8 Å². The van der Waals surface area contributed by atoms with Crippen molar-refractivity contribution >= 4 is 11.3 Å². The molecule has 74 valence electrons. The van der Waals surface area contributed by atoms with Crippen molar-refractivity contribution in [2.75, 3.05) is 14.1 Å². The molecule has 0 saturated carbocycles. The van der Waals surface area contributed by atoms with Crippen molar-refractivity contribution in [2.45, 2.75) is 25.4 Å². The molecule has 0 aliphatic rings. The number of nitrogens with zero attached hydrogens (tertiary/aromatic N) is 1. The molecule has 0 radical (unpaired) electrons. The first-order valence-corrected chi connectivity index (χ1v) is 5.29. The summed E-state index contributed by atoms with van der Waals surface area (Å²) in [5.41, 5.74) is 5.94. The molecular weight excluding hydrogens is 180 g/mol. The molecule has 0 spiro atoms. The molecule has 1 rings (SSSR count). The lowest BCUT2D eigenvalue weighted by molar-refractivity contribution is 0.208. The Hall–Kier alpha value is -0.380. The van der Waals surface area contributed by atoms with Crippen LogP contribution in [0.15, 0.2) is 17.5 Å². The van der Waals surface area contributed by atoms with E-state index in [1.807, 2.05) is 0 Å². The van der Waals surface area contributed by atoms with E-state index >= 15 is 0 Å². The van der Waals surface area contributed by atoms with Gasteiger partial charge in [0.15, 0.2) is 0 Å². The SMILES string of the molecule is CN(C)C(c1cccs1)C(C)(C)N. The summed E-state index contributed by atoms with van der Waals surface area (Å²) in [4.78, 5) is 3.50. The third-order valence-corrected chi connectivity index (χ3v) is 2.96. The highest BCUT2D eigenvalue weighted by molar-refractivity contribution is 7.10.